The quantitative estimate of drug-likeness (QED) is 0.792. The highest BCUT2D eigenvalue weighted by Gasteiger charge is 2.35. The van der Waals surface area contributed by atoms with Crippen LogP contribution in [0.1, 0.15) is 16.1 Å². The summed E-state index contributed by atoms with van der Waals surface area (Å²) in [5.41, 5.74) is 2.66. The summed E-state index contributed by atoms with van der Waals surface area (Å²) < 4.78 is 36.8. The Bertz CT molecular complexity index is 378. The second-order valence-electron chi connectivity index (χ2n) is 2.41. The lowest BCUT2D eigenvalue weighted by Gasteiger charge is -2.09. The van der Waals surface area contributed by atoms with Gasteiger partial charge in [0.2, 0.25) is 0 Å². The van der Waals surface area contributed by atoms with Crippen LogP contribution in [-0.2, 0) is 6.18 Å². The third-order valence-electron chi connectivity index (χ3n) is 1.39. The number of carbonyl (C=O) groups is 1. The van der Waals surface area contributed by atoms with E-state index in [9.17, 15) is 18.0 Å². The van der Waals surface area contributed by atoms with Gasteiger partial charge in [0, 0.05) is 6.20 Å². The third kappa shape index (κ3) is 2.14. The number of pyridine rings is 1. The Morgan fingerprint density at radius 3 is 2.50 bits per heavy atom. The first-order valence-electron chi connectivity index (χ1n) is 3.35. The first kappa shape index (κ1) is 10.8. The molecular formula is C7H4ClF3N2O. The van der Waals surface area contributed by atoms with E-state index in [0.29, 0.717) is 6.07 Å². The minimum absolute atomic E-state index is 0.206. The monoisotopic (exact) mass is 224 g/mol. The number of halogens is 4. The number of alkyl halides is 3. The molecule has 0 spiro atoms. The largest absolute Gasteiger partial charge is 0.418 e. The van der Waals surface area contributed by atoms with Crippen molar-refractivity contribution in [2.75, 3.05) is 0 Å². The van der Waals surface area contributed by atoms with Crippen molar-refractivity contribution >= 4 is 17.5 Å². The van der Waals surface area contributed by atoms with Crippen molar-refractivity contribution in [2.24, 2.45) is 5.73 Å². The minimum Gasteiger partial charge on any atom is -0.364 e. The maximum atomic E-state index is 12.3. The minimum atomic E-state index is -4.69. The molecule has 14 heavy (non-hydrogen) atoms. The van der Waals surface area contributed by atoms with Crippen molar-refractivity contribution in [2.45, 2.75) is 6.18 Å². The lowest BCUT2D eigenvalue weighted by Crippen LogP contribution is -2.20. The number of aromatic nitrogens is 1. The Balaban J connectivity index is 3.38. The molecule has 0 aliphatic rings. The first-order valence-corrected chi connectivity index (χ1v) is 3.72. The molecule has 0 fully saturated rings. The maximum absolute atomic E-state index is 12.3. The average Bonchev–Trinajstić information content (AvgIpc) is 2.01. The number of hydrogen-bond donors (Lipinski definition) is 1. The van der Waals surface area contributed by atoms with Crippen molar-refractivity contribution in [1.82, 2.24) is 4.98 Å². The summed E-state index contributed by atoms with van der Waals surface area (Å²) >= 11 is 5.31. The Kier molecular flexibility index (Phi) is 2.66. The molecule has 0 aliphatic heterocycles. The van der Waals surface area contributed by atoms with Crippen molar-refractivity contribution in [1.29, 1.82) is 0 Å². The Morgan fingerprint density at radius 1 is 1.50 bits per heavy atom. The molecule has 7 heteroatoms. The summed E-state index contributed by atoms with van der Waals surface area (Å²) in [6, 6.07) is 0.606. The molecule has 76 valence electrons. The van der Waals surface area contributed by atoms with Gasteiger partial charge < -0.3 is 5.73 Å². The third-order valence-corrected chi connectivity index (χ3v) is 1.60. The summed E-state index contributed by atoms with van der Waals surface area (Å²) in [7, 11) is 0. The number of nitrogens with two attached hydrogens (primary N) is 1. The second kappa shape index (κ2) is 3.45. The molecule has 1 heterocycles. The molecule has 3 nitrogen and oxygen atoms in total. The predicted octanol–water partition coefficient (Wildman–Crippen LogP) is 1.85. The lowest BCUT2D eigenvalue weighted by atomic mass is 10.2. The van der Waals surface area contributed by atoms with E-state index in [2.05, 4.69) is 4.98 Å². The van der Waals surface area contributed by atoms with E-state index in [-0.39, 0.29) is 5.02 Å². The summed E-state index contributed by atoms with van der Waals surface area (Å²) in [6.45, 7) is 0. The molecule has 0 saturated carbocycles. The van der Waals surface area contributed by atoms with E-state index in [1.54, 1.807) is 0 Å². The molecule has 1 aromatic heterocycles. The van der Waals surface area contributed by atoms with Crippen LogP contribution in [0.4, 0.5) is 13.2 Å². The summed E-state index contributed by atoms with van der Waals surface area (Å²) in [4.78, 5) is 13.8. The van der Waals surface area contributed by atoms with Crippen LogP contribution in [0.3, 0.4) is 0 Å². The molecule has 0 saturated heterocycles. The fourth-order valence-corrected chi connectivity index (χ4v) is 1.01. The van der Waals surface area contributed by atoms with Crippen LogP contribution >= 0.6 is 11.6 Å². The zero-order valence-corrected chi connectivity index (χ0v) is 7.36. The smallest absolute Gasteiger partial charge is 0.364 e. The lowest BCUT2D eigenvalue weighted by molar-refractivity contribution is -0.138. The van der Waals surface area contributed by atoms with Gasteiger partial charge in [-0.2, -0.15) is 13.2 Å². The molecule has 0 atom stereocenters. The van der Waals surface area contributed by atoms with Crippen LogP contribution in [0.25, 0.3) is 0 Å². The number of carbonyl (C=O) groups excluding carboxylic acids is 1. The van der Waals surface area contributed by atoms with Crippen LogP contribution in [0.15, 0.2) is 12.3 Å². The standard InChI is InChI=1S/C7H4ClF3N2O/c8-3-1-4(7(9,10)11)5(6(12)14)13-2-3/h1-2H,(H2,12,14). The van der Waals surface area contributed by atoms with Gasteiger partial charge in [-0.25, -0.2) is 4.98 Å². The summed E-state index contributed by atoms with van der Waals surface area (Å²) in [5, 5.41) is -0.206. The van der Waals surface area contributed by atoms with E-state index in [0.717, 1.165) is 6.20 Å². The fraction of sp³-hybridized carbons (Fsp3) is 0.143. The van der Waals surface area contributed by atoms with Crippen molar-refractivity contribution in [3.05, 3.63) is 28.5 Å². The highest BCUT2D eigenvalue weighted by Crippen LogP contribution is 2.32. The van der Waals surface area contributed by atoms with E-state index in [4.69, 9.17) is 17.3 Å². The first-order chi connectivity index (χ1) is 6.32. The van der Waals surface area contributed by atoms with Gasteiger partial charge in [0.05, 0.1) is 10.6 Å². The van der Waals surface area contributed by atoms with Gasteiger partial charge in [0.15, 0.2) is 0 Å². The highest BCUT2D eigenvalue weighted by atomic mass is 35.5. The fourth-order valence-electron chi connectivity index (χ4n) is 0.852. The Hall–Kier alpha value is -1.30. The van der Waals surface area contributed by atoms with Gasteiger partial charge in [-0.15, -0.1) is 0 Å². The average molecular weight is 225 g/mol. The van der Waals surface area contributed by atoms with Crippen LogP contribution in [0.2, 0.25) is 5.02 Å². The number of rotatable bonds is 1. The number of primary amides is 1. The molecule has 1 amide bonds. The Morgan fingerprint density at radius 2 is 2.07 bits per heavy atom. The SMILES string of the molecule is NC(=O)c1ncc(Cl)cc1C(F)(F)F. The van der Waals surface area contributed by atoms with Gasteiger partial charge in [-0.3, -0.25) is 4.79 Å². The van der Waals surface area contributed by atoms with Crippen molar-refractivity contribution in [3.63, 3.8) is 0 Å². The van der Waals surface area contributed by atoms with Crippen LogP contribution < -0.4 is 5.73 Å². The molecule has 1 aromatic rings. The van der Waals surface area contributed by atoms with E-state index >= 15 is 0 Å². The Labute approximate surface area is 81.7 Å². The number of nitrogens with zero attached hydrogens (tertiary/aromatic N) is 1. The number of hydrogen-bond acceptors (Lipinski definition) is 2. The zero-order valence-electron chi connectivity index (χ0n) is 6.60. The molecule has 0 aromatic carbocycles. The van der Waals surface area contributed by atoms with Crippen LogP contribution in [0, 0.1) is 0 Å². The van der Waals surface area contributed by atoms with Crippen molar-refractivity contribution in [3.8, 4) is 0 Å². The molecular weight excluding hydrogens is 221 g/mol. The van der Waals surface area contributed by atoms with E-state index in [1.165, 1.54) is 0 Å². The summed E-state index contributed by atoms with van der Waals surface area (Å²) in [6.07, 6.45) is -3.76. The molecule has 0 aliphatic carbocycles. The predicted molar refractivity (Wildman–Crippen MR) is 42.8 cm³/mol. The molecule has 0 radical (unpaired) electrons. The van der Waals surface area contributed by atoms with Gasteiger partial charge >= 0.3 is 6.18 Å². The maximum Gasteiger partial charge on any atom is 0.418 e. The normalized spacial score (nSPS) is 11.4. The van der Waals surface area contributed by atoms with E-state index < -0.39 is 23.3 Å². The van der Waals surface area contributed by atoms with Gasteiger partial charge in [0.1, 0.15) is 5.69 Å². The molecule has 2 N–H and O–H groups in total. The zero-order chi connectivity index (χ0) is 10.9. The second-order valence-corrected chi connectivity index (χ2v) is 2.85. The molecule has 0 bridgehead atoms. The highest BCUT2D eigenvalue weighted by molar-refractivity contribution is 6.30. The van der Waals surface area contributed by atoms with Crippen LogP contribution in [-0.4, -0.2) is 10.9 Å². The topological polar surface area (TPSA) is 56.0 Å². The molecule has 1 rings (SSSR count). The van der Waals surface area contributed by atoms with Gasteiger partial charge in [-0.05, 0) is 6.07 Å². The van der Waals surface area contributed by atoms with Gasteiger partial charge in [-0.1, -0.05) is 11.6 Å². The van der Waals surface area contributed by atoms with Gasteiger partial charge in [0.25, 0.3) is 5.91 Å². The van der Waals surface area contributed by atoms with Crippen LogP contribution in [0.5, 0.6) is 0 Å². The number of amides is 1. The summed E-state index contributed by atoms with van der Waals surface area (Å²) in [5.74, 6) is -1.24. The van der Waals surface area contributed by atoms with E-state index in [1.807, 2.05) is 0 Å². The molecule has 0 unspecified atom stereocenters. The van der Waals surface area contributed by atoms with Crippen molar-refractivity contribution < 1.29 is 18.0 Å².